The van der Waals surface area contributed by atoms with Gasteiger partial charge in [0.25, 0.3) is 12.3 Å². The van der Waals surface area contributed by atoms with E-state index in [9.17, 15) is 13.6 Å². The van der Waals surface area contributed by atoms with E-state index in [1.54, 1.807) is 18.2 Å². The van der Waals surface area contributed by atoms with Crippen molar-refractivity contribution in [3.63, 3.8) is 0 Å². The smallest absolute Gasteiger partial charge is 0.255 e. The third-order valence-corrected chi connectivity index (χ3v) is 5.05. The van der Waals surface area contributed by atoms with Gasteiger partial charge in [-0.1, -0.05) is 11.6 Å². The second kappa shape index (κ2) is 9.69. The number of benzene rings is 1. The molecule has 2 aliphatic rings. The third-order valence-electron chi connectivity index (χ3n) is 4.74. The maximum absolute atomic E-state index is 12.2. The van der Waals surface area contributed by atoms with Crippen molar-refractivity contribution in [2.75, 3.05) is 38.0 Å². The Bertz CT molecular complexity index is 608. The molecular weight excluding hydrogens is 385 g/mol. The van der Waals surface area contributed by atoms with Crippen molar-refractivity contribution in [2.24, 2.45) is 0 Å². The Morgan fingerprint density at radius 3 is 2.62 bits per heavy atom. The van der Waals surface area contributed by atoms with Crippen molar-refractivity contribution in [1.82, 2.24) is 15.5 Å². The van der Waals surface area contributed by atoms with Crippen molar-refractivity contribution in [3.05, 3.63) is 28.8 Å². The predicted molar refractivity (Wildman–Crippen MR) is 102 cm³/mol. The highest BCUT2D eigenvalue weighted by Crippen LogP contribution is 2.25. The number of amides is 1. The van der Waals surface area contributed by atoms with E-state index in [2.05, 4.69) is 20.9 Å². The second-order valence-corrected chi connectivity index (χ2v) is 6.98. The molecule has 2 saturated heterocycles. The van der Waals surface area contributed by atoms with Gasteiger partial charge in [0.15, 0.2) is 0 Å². The van der Waals surface area contributed by atoms with Crippen molar-refractivity contribution in [1.29, 1.82) is 0 Å². The molecule has 2 fully saturated rings. The van der Waals surface area contributed by atoms with Gasteiger partial charge in [-0.3, -0.25) is 9.69 Å². The lowest BCUT2D eigenvalue weighted by Crippen LogP contribution is -2.60. The van der Waals surface area contributed by atoms with Crippen LogP contribution in [0.25, 0.3) is 0 Å². The Balaban J connectivity index is 0.00000243. The number of nitrogens with one attached hydrogen (secondary N) is 3. The Morgan fingerprint density at radius 1 is 1.31 bits per heavy atom. The average Bonchev–Trinajstić information content (AvgIpc) is 2.56. The van der Waals surface area contributed by atoms with Crippen molar-refractivity contribution >= 4 is 35.6 Å². The number of rotatable bonds is 6. The fourth-order valence-electron chi connectivity index (χ4n) is 3.36. The van der Waals surface area contributed by atoms with Crippen LogP contribution in [0.4, 0.5) is 14.5 Å². The van der Waals surface area contributed by atoms with Crippen LogP contribution in [-0.4, -0.2) is 62.0 Å². The number of nitrogens with zero attached hydrogens (tertiary/aromatic N) is 1. The van der Waals surface area contributed by atoms with E-state index in [-0.39, 0.29) is 23.0 Å². The first kappa shape index (κ1) is 21.2. The summed E-state index contributed by atoms with van der Waals surface area (Å²) >= 11 is 6.13. The van der Waals surface area contributed by atoms with Crippen molar-refractivity contribution in [2.45, 2.75) is 31.4 Å². The quantitative estimate of drug-likeness (QED) is 0.676. The Morgan fingerprint density at radius 2 is 2.00 bits per heavy atom. The Hall–Kier alpha value is -1.15. The molecule has 0 radical (unpaired) electrons. The lowest BCUT2D eigenvalue weighted by atomic mass is 9.98. The normalized spacial score (nSPS) is 18.9. The van der Waals surface area contributed by atoms with Crippen LogP contribution in [0.3, 0.4) is 0 Å². The zero-order valence-electron chi connectivity index (χ0n) is 14.3. The largest absolute Gasteiger partial charge is 0.380 e. The Labute approximate surface area is 163 Å². The van der Waals surface area contributed by atoms with E-state index in [0.717, 1.165) is 31.9 Å². The molecule has 0 saturated carbocycles. The first-order valence-electron chi connectivity index (χ1n) is 8.60. The van der Waals surface area contributed by atoms with Gasteiger partial charge in [-0.25, -0.2) is 8.78 Å². The molecule has 1 amide bonds. The Kier molecular flexibility index (Phi) is 7.88. The number of hydrogen-bond donors (Lipinski definition) is 3. The zero-order chi connectivity index (χ0) is 17.8. The minimum absolute atomic E-state index is 0. The van der Waals surface area contributed by atoms with Gasteiger partial charge in [-0.15, -0.1) is 12.4 Å². The predicted octanol–water partition coefficient (Wildman–Crippen LogP) is 2.60. The summed E-state index contributed by atoms with van der Waals surface area (Å²) in [6.07, 6.45) is -0.188. The minimum atomic E-state index is -2.58. The van der Waals surface area contributed by atoms with Crippen LogP contribution < -0.4 is 16.0 Å². The van der Waals surface area contributed by atoms with E-state index in [1.165, 1.54) is 12.8 Å². The standard InChI is InChI=1S/C17H23ClF2N4O.ClH/c18-15-7-11(1-2-14(15)17(25)22-8-16(19)20)23-12-9-24(10-12)13-3-5-21-6-4-13;/h1-2,7,12-13,16,21,23H,3-6,8-10H2,(H,22,25);1H. The number of anilines is 1. The van der Waals surface area contributed by atoms with Crippen LogP contribution in [0.15, 0.2) is 18.2 Å². The lowest BCUT2D eigenvalue weighted by molar-refractivity contribution is 0.0829. The highest BCUT2D eigenvalue weighted by Gasteiger charge is 2.32. The van der Waals surface area contributed by atoms with Gasteiger partial charge >= 0.3 is 0 Å². The summed E-state index contributed by atoms with van der Waals surface area (Å²) < 4.78 is 24.3. The van der Waals surface area contributed by atoms with Crippen LogP contribution in [0.1, 0.15) is 23.2 Å². The van der Waals surface area contributed by atoms with Gasteiger partial charge in [-0.05, 0) is 44.1 Å². The number of likely N-dealkylation sites (tertiary alicyclic amines) is 1. The summed E-state index contributed by atoms with van der Waals surface area (Å²) in [5.41, 5.74) is 1.04. The summed E-state index contributed by atoms with van der Waals surface area (Å²) in [7, 11) is 0. The van der Waals surface area contributed by atoms with Gasteiger partial charge in [0, 0.05) is 24.8 Å². The summed E-state index contributed by atoms with van der Waals surface area (Å²) in [6, 6.07) is 6.03. The van der Waals surface area contributed by atoms with E-state index >= 15 is 0 Å². The maximum atomic E-state index is 12.2. The average molecular weight is 409 g/mol. The van der Waals surface area contributed by atoms with Crippen LogP contribution in [-0.2, 0) is 0 Å². The van der Waals surface area contributed by atoms with E-state index in [0.29, 0.717) is 12.1 Å². The molecule has 0 atom stereocenters. The van der Waals surface area contributed by atoms with Gasteiger partial charge in [0.1, 0.15) is 0 Å². The summed E-state index contributed by atoms with van der Waals surface area (Å²) in [4.78, 5) is 14.3. The minimum Gasteiger partial charge on any atom is -0.380 e. The molecular formula is C17H24Cl2F2N4O. The molecule has 1 aromatic carbocycles. The number of carbonyl (C=O) groups is 1. The molecule has 9 heteroatoms. The molecule has 0 unspecified atom stereocenters. The first-order chi connectivity index (χ1) is 12.0. The topological polar surface area (TPSA) is 56.4 Å². The number of hydrogen-bond acceptors (Lipinski definition) is 4. The van der Waals surface area contributed by atoms with Crippen LogP contribution in [0, 0.1) is 0 Å². The molecule has 0 aromatic heterocycles. The maximum Gasteiger partial charge on any atom is 0.255 e. The van der Waals surface area contributed by atoms with Crippen LogP contribution >= 0.6 is 24.0 Å². The molecule has 146 valence electrons. The van der Waals surface area contributed by atoms with Gasteiger partial charge in [-0.2, -0.15) is 0 Å². The summed E-state index contributed by atoms with van der Waals surface area (Å²) in [6.45, 7) is 3.50. The highest BCUT2D eigenvalue weighted by atomic mass is 35.5. The number of carbonyl (C=O) groups excluding carboxylic acids is 1. The molecule has 3 N–H and O–H groups in total. The van der Waals surface area contributed by atoms with E-state index in [1.807, 2.05) is 0 Å². The summed E-state index contributed by atoms with van der Waals surface area (Å²) in [5, 5.41) is 9.20. The first-order valence-corrected chi connectivity index (χ1v) is 8.98. The van der Waals surface area contributed by atoms with E-state index in [4.69, 9.17) is 11.6 Å². The number of halogens is 4. The number of alkyl halides is 2. The molecule has 0 spiro atoms. The van der Waals surface area contributed by atoms with Gasteiger partial charge in [0.2, 0.25) is 0 Å². The third kappa shape index (κ3) is 5.42. The van der Waals surface area contributed by atoms with E-state index < -0.39 is 18.9 Å². The zero-order valence-corrected chi connectivity index (χ0v) is 15.9. The SMILES string of the molecule is Cl.O=C(NCC(F)F)c1ccc(NC2CN(C3CCNCC3)C2)cc1Cl. The molecule has 1 aromatic rings. The molecule has 26 heavy (non-hydrogen) atoms. The highest BCUT2D eigenvalue weighted by molar-refractivity contribution is 6.34. The van der Waals surface area contributed by atoms with Gasteiger partial charge in [0.05, 0.1) is 23.2 Å². The summed E-state index contributed by atoms with van der Waals surface area (Å²) in [5.74, 6) is -0.586. The van der Waals surface area contributed by atoms with Gasteiger partial charge < -0.3 is 16.0 Å². The second-order valence-electron chi connectivity index (χ2n) is 6.57. The molecule has 2 aliphatic heterocycles. The molecule has 0 aliphatic carbocycles. The molecule has 0 bridgehead atoms. The monoisotopic (exact) mass is 408 g/mol. The fourth-order valence-corrected chi connectivity index (χ4v) is 3.63. The number of piperidine rings is 1. The molecule has 3 rings (SSSR count). The molecule has 2 heterocycles. The van der Waals surface area contributed by atoms with Crippen LogP contribution in [0.5, 0.6) is 0 Å². The molecule has 5 nitrogen and oxygen atoms in total. The lowest BCUT2D eigenvalue weighted by Gasteiger charge is -2.46. The van der Waals surface area contributed by atoms with Crippen molar-refractivity contribution in [3.8, 4) is 0 Å². The van der Waals surface area contributed by atoms with Crippen molar-refractivity contribution < 1.29 is 13.6 Å². The van der Waals surface area contributed by atoms with Crippen LogP contribution in [0.2, 0.25) is 5.02 Å². The fraction of sp³-hybridized carbons (Fsp3) is 0.588.